The minimum absolute atomic E-state index is 0.103. The number of nitrogens with two attached hydrogens (primary N) is 1. The highest BCUT2D eigenvalue weighted by atomic mass is 35.5. The van der Waals surface area contributed by atoms with Gasteiger partial charge in [0.1, 0.15) is 0 Å². The summed E-state index contributed by atoms with van der Waals surface area (Å²) in [7, 11) is 0. The zero-order valence-corrected chi connectivity index (χ0v) is 23.8. The zero-order chi connectivity index (χ0) is 29.6. The van der Waals surface area contributed by atoms with Crippen molar-refractivity contribution in [2.45, 2.75) is 57.7 Å². The molecule has 2 aliphatic rings. The van der Waals surface area contributed by atoms with Gasteiger partial charge in [0, 0.05) is 12.5 Å². The molecule has 1 aromatic carbocycles. The molecule has 2 aromatic rings. The number of benzene rings is 1. The largest absolute Gasteiger partial charge is 0.449 e. The number of likely N-dealkylation sites (tertiary alicyclic amines) is 2. The number of hydrogen-bond donors (Lipinski definition) is 1. The van der Waals surface area contributed by atoms with Gasteiger partial charge in [-0.15, -0.1) is 11.3 Å². The number of fused-ring (bicyclic) bond motifs is 1. The van der Waals surface area contributed by atoms with Gasteiger partial charge in [0.15, 0.2) is 6.61 Å². The van der Waals surface area contributed by atoms with E-state index in [1.165, 1.54) is 22.5 Å². The fraction of sp³-hybridized carbons (Fsp3) is 0.577. The van der Waals surface area contributed by atoms with Crippen LogP contribution in [0.3, 0.4) is 0 Å². The number of halogens is 4. The Hall–Kier alpha value is -2.77. The summed E-state index contributed by atoms with van der Waals surface area (Å²) in [6.45, 7) is 6.51. The molecule has 14 heteroatoms. The molecule has 0 radical (unpaired) electrons. The first-order chi connectivity index (χ1) is 18.8. The minimum atomic E-state index is -4.64. The first kappa shape index (κ1) is 31.8. The average molecular weight is 605 g/mol. The van der Waals surface area contributed by atoms with Crippen LogP contribution in [0.1, 0.15) is 62.1 Å². The van der Waals surface area contributed by atoms with E-state index in [0.717, 1.165) is 43.6 Å². The molecular formula is C26H32ClF3N4O5S. The SMILES string of the molecule is CCN1CCC(c2nc3cc([C@H]4CC[C@H](C)CN4C(=O)C(N)=O)ccc3s2)CC1.O=C(Cl)C(=O)OCC(F)(F)F. The predicted molar refractivity (Wildman–Crippen MR) is 144 cm³/mol. The Labute approximate surface area is 238 Å². The molecule has 0 bridgehead atoms. The maximum atomic E-state index is 12.4. The molecule has 0 unspecified atom stereocenters. The third-order valence-electron chi connectivity index (χ3n) is 7.01. The number of primary amides is 1. The lowest BCUT2D eigenvalue weighted by atomic mass is 9.89. The number of carbonyl (C=O) groups is 4. The van der Waals surface area contributed by atoms with Crippen molar-refractivity contribution < 1.29 is 37.1 Å². The molecule has 40 heavy (non-hydrogen) atoms. The molecule has 0 saturated carbocycles. The van der Waals surface area contributed by atoms with Gasteiger partial charge in [-0.05, 0) is 80.5 Å². The van der Waals surface area contributed by atoms with Gasteiger partial charge in [-0.3, -0.25) is 14.4 Å². The van der Waals surface area contributed by atoms with Crippen molar-refractivity contribution in [2.24, 2.45) is 11.7 Å². The van der Waals surface area contributed by atoms with Crippen molar-refractivity contribution >= 4 is 56.2 Å². The maximum absolute atomic E-state index is 12.4. The summed E-state index contributed by atoms with van der Waals surface area (Å²) in [5, 5.41) is -0.343. The number of nitrogens with zero attached hydrogens (tertiary/aromatic N) is 3. The van der Waals surface area contributed by atoms with Crippen LogP contribution in [-0.2, 0) is 23.9 Å². The van der Waals surface area contributed by atoms with Gasteiger partial charge in [-0.1, -0.05) is 19.9 Å². The van der Waals surface area contributed by atoms with E-state index in [1.807, 2.05) is 0 Å². The second kappa shape index (κ2) is 13.7. The summed E-state index contributed by atoms with van der Waals surface area (Å²) >= 11 is 6.27. The topological polar surface area (TPSA) is 123 Å². The third kappa shape index (κ3) is 8.61. The monoisotopic (exact) mass is 604 g/mol. The van der Waals surface area contributed by atoms with Crippen molar-refractivity contribution in [3.8, 4) is 0 Å². The summed E-state index contributed by atoms with van der Waals surface area (Å²) in [6.07, 6.45) is -0.423. The number of aromatic nitrogens is 1. The quantitative estimate of drug-likeness (QED) is 0.309. The molecule has 220 valence electrons. The molecule has 2 atom stereocenters. The van der Waals surface area contributed by atoms with Crippen LogP contribution >= 0.6 is 22.9 Å². The number of hydrogen-bond acceptors (Lipinski definition) is 8. The van der Waals surface area contributed by atoms with E-state index < -0.39 is 35.8 Å². The Morgan fingerprint density at radius 1 is 1.15 bits per heavy atom. The van der Waals surface area contributed by atoms with E-state index >= 15 is 0 Å². The first-order valence-electron chi connectivity index (χ1n) is 13.0. The molecule has 9 nitrogen and oxygen atoms in total. The molecule has 4 rings (SSSR count). The van der Waals surface area contributed by atoms with Gasteiger partial charge < -0.3 is 20.3 Å². The van der Waals surface area contributed by atoms with Crippen molar-refractivity contribution in [3.05, 3.63) is 28.8 Å². The highest BCUT2D eigenvalue weighted by molar-refractivity contribution is 7.18. The molecule has 0 spiro atoms. The Kier molecular flexibility index (Phi) is 10.9. The summed E-state index contributed by atoms with van der Waals surface area (Å²) in [5.74, 6) is -2.24. The van der Waals surface area contributed by atoms with Crippen molar-refractivity contribution in [3.63, 3.8) is 0 Å². The van der Waals surface area contributed by atoms with Gasteiger partial charge in [0.25, 0.3) is 0 Å². The lowest BCUT2D eigenvalue weighted by Crippen LogP contribution is -2.46. The highest BCUT2D eigenvalue weighted by Gasteiger charge is 2.34. The molecular weight excluding hydrogens is 573 g/mol. The molecule has 2 N–H and O–H groups in total. The molecule has 1 aromatic heterocycles. The molecule has 2 fully saturated rings. The fourth-order valence-electron chi connectivity index (χ4n) is 4.91. The fourth-order valence-corrected chi connectivity index (χ4v) is 6.08. The van der Waals surface area contributed by atoms with Gasteiger partial charge in [0.05, 0.1) is 21.3 Å². The van der Waals surface area contributed by atoms with Crippen molar-refractivity contribution in [1.82, 2.24) is 14.8 Å². The second-order valence-corrected chi connectivity index (χ2v) is 11.4. The Bertz CT molecular complexity index is 1230. The van der Waals surface area contributed by atoms with E-state index in [2.05, 4.69) is 53.3 Å². The summed E-state index contributed by atoms with van der Waals surface area (Å²) in [6, 6.07) is 6.22. The maximum Gasteiger partial charge on any atom is 0.422 e. The van der Waals surface area contributed by atoms with E-state index in [0.29, 0.717) is 18.4 Å². The Morgan fingerprint density at radius 2 is 1.82 bits per heavy atom. The molecule has 3 heterocycles. The molecule has 0 aliphatic carbocycles. The molecule has 2 saturated heterocycles. The van der Waals surface area contributed by atoms with Crippen LogP contribution < -0.4 is 5.73 Å². The van der Waals surface area contributed by atoms with E-state index in [9.17, 15) is 32.3 Å². The van der Waals surface area contributed by atoms with E-state index in [4.69, 9.17) is 10.7 Å². The van der Waals surface area contributed by atoms with Crippen LogP contribution in [-0.4, -0.2) is 76.8 Å². The first-order valence-corrected chi connectivity index (χ1v) is 14.1. The smallest absolute Gasteiger partial charge is 0.422 e. The summed E-state index contributed by atoms with van der Waals surface area (Å²) < 4.78 is 38.4. The van der Waals surface area contributed by atoms with Gasteiger partial charge in [-0.25, -0.2) is 9.78 Å². The minimum Gasteiger partial charge on any atom is -0.449 e. The van der Waals surface area contributed by atoms with Crippen LogP contribution in [0.4, 0.5) is 13.2 Å². The lowest BCUT2D eigenvalue weighted by Gasteiger charge is -2.38. The predicted octanol–water partition coefficient (Wildman–Crippen LogP) is 4.14. The molecule has 2 aliphatic heterocycles. The summed E-state index contributed by atoms with van der Waals surface area (Å²) in [5.41, 5.74) is 7.36. The van der Waals surface area contributed by atoms with Gasteiger partial charge in [-0.2, -0.15) is 13.2 Å². The normalized spacial score (nSPS) is 20.5. The Morgan fingerprint density at radius 3 is 2.40 bits per heavy atom. The average Bonchev–Trinajstić information content (AvgIpc) is 3.34. The van der Waals surface area contributed by atoms with Crippen molar-refractivity contribution in [2.75, 3.05) is 32.8 Å². The third-order valence-corrected chi connectivity index (χ3v) is 8.37. The number of esters is 1. The van der Waals surface area contributed by atoms with Crippen LogP contribution in [0, 0.1) is 5.92 Å². The Balaban J connectivity index is 0.000000342. The van der Waals surface area contributed by atoms with Gasteiger partial charge >= 0.3 is 29.2 Å². The second-order valence-electron chi connectivity index (χ2n) is 9.97. The molecule has 2 amide bonds. The summed E-state index contributed by atoms with van der Waals surface area (Å²) in [4.78, 5) is 52.8. The highest BCUT2D eigenvalue weighted by Crippen LogP contribution is 2.38. The van der Waals surface area contributed by atoms with Crippen LogP contribution in [0.15, 0.2) is 18.2 Å². The number of amides is 2. The zero-order valence-electron chi connectivity index (χ0n) is 22.2. The van der Waals surface area contributed by atoms with Gasteiger partial charge in [0.2, 0.25) is 0 Å². The number of ether oxygens (including phenoxy) is 1. The standard InChI is InChI=1S/C22H30N4O2S.C4H2ClF3O3/c1-3-25-10-8-15(9-11-25)21-24-17-12-16(5-7-19(17)29-21)18-6-4-14(2)13-26(18)22(28)20(23)27;5-2(9)3(10)11-1-4(6,7)8/h5,7,12,14-15,18H,3-4,6,8-11,13H2,1-2H3,(H2,23,27);1H2/t14-,18+;/m0./s1. The lowest BCUT2D eigenvalue weighted by molar-refractivity contribution is -0.185. The van der Waals surface area contributed by atoms with Crippen LogP contribution in [0.2, 0.25) is 0 Å². The van der Waals surface area contributed by atoms with Crippen LogP contribution in [0.25, 0.3) is 10.2 Å². The van der Waals surface area contributed by atoms with E-state index in [1.54, 1.807) is 16.2 Å². The van der Waals surface area contributed by atoms with Crippen molar-refractivity contribution in [1.29, 1.82) is 0 Å². The number of thiazole rings is 1. The number of carbonyl (C=O) groups excluding carboxylic acids is 4. The van der Waals surface area contributed by atoms with E-state index in [-0.39, 0.29) is 6.04 Å². The number of piperidine rings is 2. The van der Waals surface area contributed by atoms with Crippen LogP contribution in [0.5, 0.6) is 0 Å². The number of alkyl halides is 3. The number of rotatable bonds is 5.